The first-order chi connectivity index (χ1) is 12.0. The lowest BCUT2D eigenvalue weighted by atomic mass is 10.0. The Balaban J connectivity index is 2.00. The molecule has 3 aromatic rings. The van der Waals surface area contributed by atoms with Crippen LogP contribution in [-0.4, -0.2) is 13.1 Å². The summed E-state index contributed by atoms with van der Waals surface area (Å²) in [6, 6.07) is 13.7. The van der Waals surface area contributed by atoms with E-state index in [2.05, 4.69) is 0 Å². The minimum absolute atomic E-state index is 0.153. The molecule has 5 heteroatoms. The Hall–Kier alpha value is -3.08. The van der Waals surface area contributed by atoms with Crippen LogP contribution in [0.4, 0.5) is 0 Å². The van der Waals surface area contributed by atoms with Crippen LogP contribution >= 0.6 is 0 Å². The predicted molar refractivity (Wildman–Crippen MR) is 94.5 cm³/mol. The van der Waals surface area contributed by atoms with E-state index in [1.54, 1.807) is 30.3 Å². The third-order valence-electron chi connectivity index (χ3n) is 3.90. The van der Waals surface area contributed by atoms with Gasteiger partial charge in [-0.3, -0.25) is 0 Å². The lowest BCUT2D eigenvalue weighted by Gasteiger charge is -2.12. The molecule has 25 heavy (non-hydrogen) atoms. The van der Waals surface area contributed by atoms with Gasteiger partial charge in [-0.1, -0.05) is 32.0 Å². The summed E-state index contributed by atoms with van der Waals surface area (Å²) >= 11 is 0. The Morgan fingerprint density at radius 2 is 1.84 bits per heavy atom. The lowest BCUT2D eigenvalue weighted by molar-refractivity contribution is 0.0728. The zero-order valence-electron chi connectivity index (χ0n) is 14.2. The molecule has 5 nitrogen and oxygen atoms in total. The molecule has 0 bridgehead atoms. The quantitative estimate of drug-likeness (QED) is 0.406. The van der Waals surface area contributed by atoms with Gasteiger partial charge in [-0.25, -0.2) is 9.59 Å². The molecule has 0 aliphatic heterocycles. The number of hydrogen-bond donors (Lipinski definition) is 0. The summed E-state index contributed by atoms with van der Waals surface area (Å²) in [6.07, 6.45) is 0. The largest absolute Gasteiger partial charge is 0.497 e. The average molecular weight is 338 g/mol. The van der Waals surface area contributed by atoms with Crippen LogP contribution in [-0.2, 0) is 0 Å². The molecule has 0 saturated heterocycles. The maximum absolute atomic E-state index is 12.5. The predicted octanol–water partition coefficient (Wildman–Crippen LogP) is 4.14. The molecular weight excluding hydrogens is 320 g/mol. The smallest absolute Gasteiger partial charge is 0.351 e. The van der Waals surface area contributed by atoms with Gasteiger partial charge < -0.3 is 13.9 Å². The zero-order valence-corrected chi connectivity index (χ0v) is 14.2. The normalized spacial score (nSPS) is 10.9. The van der Waals surface area contributed by atoms with Crippen molar-refractivity contribution in [3.8, 4) is 11.5 Å². The minimum atomic E-state index is -0.744. The molecule has 0 saturated carbocycles. The second-order valence-electron chi connectivity index (χ2n) is 5.93. The number of methoxy groups -OCH3 is 1. The van der Waals surface area contributed by atoms with Crippen LogP contribution in [0.25, 0.3) is 11.0 Å². The van der Waals surface area contributed by atoms with Crippen LogP contribution < -0.4 is 15.1 Å². The molecule has 1 aromatic heterocycles. The van der Waals surface area contributed by atoms with E-state index in [-0.39, 0.29) is 11.5 Å². The van der Waals surface area contributed by atoms with Gasteiger partial charge in [-0.05, 0) is 41.8 Å². The third kappa shape index (κ3) is 3.40. The van der Waals surface area contributed by atoms with Gasteiger partial charge in [0.2, 0.25) is 0 Å². The molecule has 0 amide bonds. The minimum Gasteiger partial charge on any atom is -0.497 e. The summed E-state index contributed by atoms with van der Waals surface area (Å²) in [4.78, 5) is 24.6. The van der Waals surface area contributed by atoms with Gasteiger partial charge >= 0.3 is 11.6 Å². The highest BCUT2D eigenvalue weighted by Gasteiger charge is 2.18. The highest BCUT2D eigenvalue weighted by molar-refractivity contribution is 5.94. The summed E-state index contributed by atoms with van der Waals surface area (Å²) in [5.41, 5.74) is 0.386. The monoisotopic (exact) mass is 338 g/mol. The molecule has 0 atom stereocenters. The second kappa shape index (κ2) is 6.81. The van der Waals surface area contributed by atoms with Crippen LogP contribution in [0, 0.1) is 0 Å². The fraction of sp³-hybridized carbons (Fsp3) is 0.200. The number of esters is 1. The molecule has 0 N–H and O–H groups in total. The number of benzene rings is 2. The van der Waals surface area contributed by atoms with Gasteiger partial charge in [0.1, 0.15) is 22.6 Å². The van der Waals surface area contributed by atoms with Crippen molar-refractivity contribution in [2.45, 2.75) is 19.8 Å². The SMILES string of the molecule is COc1ccc2oc(=O)c(C(=O)Oc3ccccc3C(C)C)cc2c1. The number of rotatable bonds is 4. The molecule has 3 rings (SSSR count). The van der Waals surface area contributed by atoms with E-state index in [1.165, 1.54) is 13.2 Å². The van der Waals surface area contributed by atoms with Crippen LogP contribution in [0.2, 0.25) is 0 Å². The molecule has 0 aliphatic rings. The number of ether oxygens (including phenoxy) is 2. The van der Waals surface area contributed by atoms with Gasteiger partial charge in [-0.15, -0.1) is 0 Å². The Kier molecular flexibility index (Phi) is 4.57. The molecule has 0 aliphatic carbocycles. The van der Waals surface area contributed by atoms with Crippen molar-refractivity contribution in [2.24, 2.45) is 0 Å². The van der Waals surface area contributed by atoms with E-state index in [0.717, 1.165) is 5.56 Å². The summed E-state index contributed by atoms with van der Waals surface area (Å²) in [5, 5.41) is 0.586. The molecule has 0 radical (unpaired) electrons. The standard InChI is InChI=1S/C20H18O5/c1-12(2)15-6-4-5-7-18(15)25-20(22)16-11-13-10-14(23-3)8-9-17(13)24-19(16)21/h4-12H,1-3H3. The zero-order chi connectivity index (χ0) is 18.0. The Labute approximate surface area is 144 Å². The first kappa shape index (κ1) is 16.8. The van der Waals surface area contributed by atoms with E-state index in [1.807, 2.05) is 26.0 Å². The summed E-state index contributed by atoms with van der Waals surface area (Å²) in [5.74, 6) is 0.478. The average Bonchev–Trinajstić information content (AvgIpc) is 2.61. The number of carbonyl (C=O) groups is 1. The highest BCUT2D eigenvalue weighted by atomic mass is 16.5. The van der Waals surface area contributed by atoms with Crippen LogP contribution in [0.5, 0.6) is 11.5 Å². The number of fused-ring (bicyclic) bond motifs is 1. The molecule has 1 heterocycles. The van der Waals surface area contributed by atoms with Gasteiger partial charge in [0.25, 0.3) is 0 Å². The van der Waals surface area contributed by atoms with E-state index >= 15 is 0 Å². The van der Waals surface area contributed by atoms with Crippen LogP contribution in [0.3, 0.4) is 0 Å². The fourth-order valence-electron chi connectivity index (χ4n) is 2.58. The topological polar surface area (TPSA) is 65.7 Å². The van der Waals surface area contributed by atoms with Crippen molar-refractivity contribution in [1.82, 2.24) is 0 Å². The Morgan fingerprint density at radius 1 is 1.08 bits per heavy atom. The fourth-order valence-corrected chi connectivity index (χ4v) is 2.58. The first-order valence-electron chi connectivity index (χ1n) is 7.92. The van der Waals surface area contributed by atoms with Crippen molar-refractivity contribution in [3.63, 3.8) is 0 Å². The van der Waals surface area contributed by atoms with Gasteiger partial charge in [0.05, 0.1) is 7.11 Å². The van der Waals surface area contributed by atoms with Gasteiger partial charge in [0.15, 0.2) is 0 Å². The van der Waals surface area contributed by atoms with Crippen LogP contribution in [0.15, 0.2) is 57.7 Å². The van der Waals surface area contributed by atoms with Crippen molar-refractivity contribution in [3.05, 3.63) is 70.1 Å². The third-order valence-corrected chi connectivity index (χ3v) is 3.90. The van der Waals surface area contributed by atoms with Crippen LogP contribution in [0.1, 0.15) is 35.7 Å². The van der Waals surface area contributed by atoms with Crippen molar-refractivity contribution < 1.29 is 18.7 Å². The molecular formula is C20H18O5. The van der Waals surface area contributed by atoms with Gasteiger partial charge in [0, 0.05) is 5.39 Å². The Bertz CT molecular complexity index is 985. The summed E-state index contributed by atoms with van der Waals surface area (Å²) in [6.45, 7) is 4.01. The molecule has 0 fully saturated rings. The molecule has 2 aromatic carbocycles. The number of para-hydroxylation sites is 1. The summed E-state index contributed by atoms with van der Waals surface area (Å²) < 4.78 is 15.8. The number of carbonyl (C=O) groups excluding carboxylic acids is 1. The Morgan fingerprint density at radius 3 is 2.56 bits per heavy atom. The van der Waals surface area contributed by atoms with E-state index in [4.69, 9.17) is 13.9 Å². The molecule has 0 unspecified atom stereocenters. The highest BCUT2D eigenvalue weighted by Crippen LogP contribution is 2.27. The molecule has 0 spiro atoms. The van der Waals surface area contributed by atoms with E-state index in [9.17, 15) is 9.59 Å². The second-order valence-corrected chi connectivity index (χ2v) is 5.93. The maximum Gasteiger partial charge on any atom is 0.351 e. The van der Waals surface area contributed by atoms with Crippen molar-refractivity contribution >= 4 is 16.9 Å². The molecule has 128 valence electrons. The van der Waals surface area contributed by atoms with E-state index < -0.39 is 11.6 Å². The van der Waals surface area contributed by atoms with E-state index in [0.29, 0.717) is 22.5 Å². The lowest BCUT2D eigenvalue weighted by Crippen LogP contribution is -2.19. The first-order valence-corrected chi connectivity index (χ1v) is 7.92. The van der Waals surface area contributed by atoms with Crippen molar-refractivity contribution in [2.75, 3.05) is 7.11 Å². The maximum atomic E-state index is 12.5. The van der Waals surface area contributed by atoms with Crippen molar-refractivity contribution in [1.29, 1.82) is 0 Å². The summed E-state index contributed by atoms with van der Waals surface area (Å²) in [7, 11) is 1.54. The number of hydrogen-bond acceptors (Lipinski definition) is 5. The van der Waals surface area contributed by atoms with Gasteiger partial charge in [-0.2, -0.15) is 0 Å².